The summed E-state index contributed by atoms with van der Waals surface area (Å²) in [4.78, 5) is 10.8. The molecule has 0 aliphatic carbocycles. The Morgan fingerprint density at radius 2 is 1.70 bits per heavy atom. The number of carbonyl (C=O) groups excluding carboxylic acids is 1. The summed E-state index contributed by atoms with van der Waals surface area (Å²) < 4.78 is 0. The van der Waals surface area contributed by atoms with Crippen molar-refractivity contribution in [3.8, 4) is 0 Å². The van der Waals surface area contributed by atoms with Crippen molar-refractivity contribution >= 4 is 5.78 Å². The summed E-state index contributed by atoms with van der Waals surface area (Å²) in [6.45, 7) is 8.05. The molecular formula is C9H18O. The van der Waals surface area contributed by atoms with Gasteiger partial charge in [-0.2, -0.15) is 0 Å². The van der Waals surface area contributed by atoms with Gasteiger partial charge in [-0.3, -0.25) is 4.79 Å². The van der Waals surface area contributed by atoms with Crippen LogP contribution in [0.25, 0.3) is 0 Å². The van der Waals surface area contributed by atoms with Gasteiger partial charge in [0.25, 0.3) is 0 Å². The summed E-state index contributed by atoms with van der Waals surface area (Å²) in [5.41, 5.74) is 0. The maximum absolute atomic E-state index is 10.8. The molecule has 0 saturated heterocycles. The van der Waals surface area contributed by atoms with E-state index < -0.39 is 0 Å². The quantitative estimate of drug-likeness (QED) is 0.589. The van der Waals surface area contributed by atoms with Crippen molar-refractivity contribution in [1.82, 2.24) is 0 Å². The van der Waals surface area contributed by atoms with Crippen LogP contribution in [0.5, 0.6) is 0 Å². The fourth-order valence-corrected chi connectivity index (χ4v) is 0.787. The van der Waals surface area contributed by atoms with Gasteiger partial charge in [0.1, 0.15) is 5.78 Å². The molecule has 0 aliphatic rings. The average Bonchev–Trinajstić information content (AvgIpc) is 1.82. The Bertz CT molecular complexity index is 105. The molecule has 0 amide bonds. The van der Waals surface area contributed by atoms with Gasteiger partial charge in [0, 0.05) is 5.92 Å². The molecule has 0 heterocycles. The highest BCUT2D eigenvalue weighted by Crippen LogP contribution is 2.11. The van der Waals surface area contributed by atoms with Crippen LogP contribution < -0.4 is 0 Å². The highest BCUT2D eigenvalue weighted by molar-refractivity contribution is 5.77. The van der Waals surface area contributed by atoms with Crippen LogP contribution in [0.2, 0.25) is 0 Å². The molecule has 0 aromatic heterocycles. The maximum Gasteiger partial charge on any atom is 0.132 e. The summed E-state index contributed by atoms with van der Waals surface area (Å²) >= 11 is 0. The zero-order valence-electron chi connectivity index (χ0n) is 7.48. The normalized spacial score (nSPS) is 13.7. The molecule has 0 N–H and O–H groups in total. The molecule has 60 valence electrons. The molecule has 0 aromatic carbocycles. The van der Waals surface area contributed by atoms with Crippen molar-refractivity contribution in [1.29, 1.82) is 0 Å². The van der Waals surface area contributed by atoms with Gasteiger partial charge < -0.3 is 0 Å². The Hall–Kier alpha value is -0.330. The monoisotopic (exact) mass is 142 g/mol. The molecule has 0 unspecified atom stereocenters. The van der Waals surface area contributed by atoms with E-state index >= 15 is 0 Å². The molecule has 0 radical (unpaired) electrons. The van der Waals surface area contributed by atoms with Gasteiger partial charge in [-0.25, -0.2) is 0 Å². The van der Waals surface area contributed by atoms with Crippen LogP contribution in [0.4, 0.5) is 0 Å². The number of carbonyl (C=O) groups is 1. The molecule has 0 rings (SSSR count). The van der Waals surface area contributed by atoms with Crippen LogP contribution in [0.1, 0.15) is 40.5 Å². The molecule has 0 spiro atoms. The Morgan fingerprint density at radius 1 is 1.20 bits per heavy atom. The summed E-state index contributed by atoms with van der Waals surface area (Å²) in [7, 11) is 0. The van der Waals surface area contributed by atoms with E-state index in [-0.39, 0.29) is 5.92 Å². The Kier molecular flexibility index (Phi) is 4.33. The lowest BCUT2D eigenvalue weighted by molar-refractivity contribution is -0.120. The van der Waals surface area contributed by atoms with Crippen LogP contribution in [-0.2, 0) is 4.79 Å². The van der Waals surface area contributed by atoms with Gasteiger partial charge >= 0.3 is 0 Å². The van der Waals surface area contributed by atoms with E-state index in [1.54, 1.807) is 6.92 Å². The van der Waals surface area contributed by atoms with Crippen LogP contribution in [0, 0.1) is 11.8 Å². The molecular weight excluding hydrogens is 124 g/mol. The molecule has 10 heavy (non-hydrogen) atoms. The summed E-state index contributed by atoms with van der Waals surface area (Å²) in [5, 5.41) is 0. The molecule has 0 fully saturated rings. The zero-order chi connectivity index (χ0) is 8.15. The second-order valence-electron chi connectivity index (χ2n) is 3.48. The SMILES string of the molecule is CC(=O)[C@@H](C)CCC(C)C. The third kappa shape index (κ3) is 4.54. The maximum atomic E-state index is 10.8. The van der Waals surface area contributed by atoms with E-state index in [9.17, 15) is 4.79 Å². The van der Waals surface area contributed by atoms with Crippen molar-refractivity contribution in [3.63, 3.8) is 0 Å². The predicted molar refractivity (Wildman–Crippen MR) is 43.9 cm³/mol. The minimum atomic E-state index is 0.266. The number of ketones is 1. The van der Waals surface area contributed by atoms with Gasteiger partial charge in [0.05, 0.1) is 0 Å². The molecule has 0 bridgehead atoms. The lowest BCUT2D eigenvalue weighted by atomic mass is 9.97. The first-order valence-electron chi connectivity index (χ1n) is 4.04. The molecule has 0 saturated carbocycles. The second-order valence-corrected chi connectivity index (χ2v) is 3.48. The van der Waals surface area contributed by atoms with E-state index in [0.29, 0.717) is 5.78 Å². The first-order chi connectivity index (χ1) is 4.54. The lowest BCUT2D eigenvalue weighted by Crippen LogP contribution is -2.06. The number of hydrogen-bond donors (Lipinski definition) is 0. The predicted octanol–water partition coefficient (Wildman–Crippen LogP) is 2.65. The summed E-state index contributed by atoms with van der Waals surface area (Å²) in [6.07, 6.45) is 2.22. The first-order valence-corrected chi connectivity index (χ1v) is 4.04. The molecule has 1 heteroatoms. The Morgan fingerprint density at radius 3 is 2.00 bits per heavy atom. The largest absolute Gasteiger partial charge is 0.300 e. The lowest BCUT2D eigenvalue weighted by Gasteiger charge is -2.08. The van der Waals surface area contributed by atoms with E-state index in [0.717, 1.165) is 12.3 Å². The van der Waals surface area contributed by atoms with Crippen molar-refractivity contribution in [2.75, 3.05) is 0 Å². The fraction of sp³-hybridized carbons (Fsp3) is 0.889. The molecule has 0 aliphatic heterocycles. The second kappa shape index (κ2) is 4.48. The molecule has 1 atom stereocenters. The van der Waals surface area contributed by atoms with Crippen molar-refractivity contribution < 1.29 is 4.79 Å². The van der Waals surface area contributed by atoms with Gasteiger partial charge in [-0.1, -0.05) is 27.2 Å². The summed E-state index contributed by atoms with van der Waals surface area (Å²) in [5.74, 6) is 1.31. The van der Waals surface area contributed by atoms with Crippen molar-refractivity contribution in [2.24, 2.45) is 11.8 Å². The number of rotatable bonds is 4. The van der Waals surface area contributed by atoms with Gasteiger partial charge in [-0.05, 0) is 19.3 Å². The van der Waals surface area contributed by atoms with Crippen molar-refractivity contribution in [3.05, 3.63) is 0 Å². The van der Waals surface area contributed by atoms with Crippen molar-refractivity contribution in [2.45, 2.75) is 40.5 Å². The minimum Gasteiger partial charge on any atom is -0.300 e. The zero-order valence-corrected chi connectivity index (χ0v) is 7.48. The Labute approximate surface area is 63.8 Å². The van der Waals surface area contributed by atoms with Crippen LogP contribution in [-0.4, -0.2) is 5.78 Å². The number of Topliss-reactive ketones (excluding diaryl/α,β-unsaturated/α-hetero) is 1. The summed E-state index contributed by atoms with van der Waals surface area (Å²) in [6, 6.07) is 0. The van der Waals surface area contributed by atoms with Crippen LogP contribution in [0.3, 0.4) is 0 Å². The van der Waals surface area contributed by atoms with Crippen LogP contribution in [0.15, 0.2) is 0 Å². The number of hydrogen-bond acceptors (Lipinski definition) is 1. The third-order valence-corrected chi connectivity index (χ3v) is 1.87. The molecule has 1 nitrogen and oxygen atoms in total. The highest BCUT2D eigenvalue weighted by Gasteiger charge is 2.07. The highest BCUT2D eigenvalue weighted by atomic mass is 16.1. The standard InChI is InChI=1S/C9H18O/c1-7(2)5-6-8(3)9(4)10/h7-8H,5-6H2,1-4H3/t8-/m0/s1. The van der Waals surface area contributed by atoms with E-state index in [4.69, 9.17) is 0 Å². The third-order valence-electron chi connectivity index (χ3n) is 1.87. The fourth-order valence-electron chi connectivity index (χ4n) is 0.787. The van der Waals surface area contributed by atoms with Crippen LogP contribution >= 0.6 is 0 Å². The molecule has 0 aromatic rings. The minimum absolute atomic E-state index is 0.266. The average molecular weight is 142 g/mol. The topological polar surface area (TPSA) is 17.1 Å². The van der Waals surface area contributed by atoms with E-state index in [1.165, 1.54) is 6.42 Å². The Balaban J connectivity index is 3.40. The van der Waals surface area contributed by atoms with Gasteiger partial charge in [0.2, 0.25) is 0 Å². The van der Waals surface area contributed by atoms with E-state index in [2.05, 4.69) is 13.8 Å². The van der Waals surface area contributed by atoms with Gasteiger partial charge in [0.15, 0.2) is 0 Å². The van der Waals surface area contributed by atoms with E-state index in [1.807, 2.05) is 6.92 Å². The van der Waals surface area contributed by atoms with Gasteiger partial charge in [-0.15, -0.1) is 0 Å². The first kappa shape index (κ1) is 9.67. The smallest absolute Gasteiger partial charge is 0.132 e.